The summed E-state index contributed by atoms with van der Waals surface area (Å²) in [6, 6.07) is 0. The molecule has 0 amide bonds. The highest BCUT2D eigenvalue weighted by Crippen LogP contribution is 2.42. The molecule has 0 radical (unpaired) electrons. The highest BCUT2D eigenvalue weighted by Gasteiger charge is 2.43. The van der Waals surface area contributed by atoms with E-state index in [0.29, 0.717) is 37.9 Å². The summed E-state index contributed by atoms with van der Waals surface area (Å²) in [5.74, 6) is 1.26. The van der Waals surface area contributed by atoms with Crippen molar-refractivity contribution in [2.24, 2.45) is 5.73 Å². The first-order valence-electron chi connectivity index (χ1n) is 5.97. The van der Waals surface area contributed by atoms with Crippen LogP contribution < -0.4 is 5.73 Å². The molecule has 0 aliphatic heterocycles. The molecule has 2 rings (SSSR count). The van der Waals surface area contributed by atoms with Crippen LogP contribution in [-0.4, -0.2) is 37.0 Å². The SMILES string of the molecule is COC1(c2noc(CCOCCN)n2)CCC1. The van der Waals surface area contributed by atoms with E-state index in [4.69, 9.17) is 19.7 Å². The zero-order chi connectivity index (χ0) is 12.1. The standard InChI is InChI=1S/C11H19N3O3/c1-15-11(4-2-5-11)10-13-9(17-14-10)3-7-16-8-6-12/h2-8,12H2,1H3. The summed E-state index contributed by atoms with van der Waals surface area (Å²) >= 11 is 0. The Balaban J connectivity index is 1.87. The van der Waals surface area contributed by atoms with Crippen LogP contribution in [0.15, 0.2) is 4.52 Å². The first kappa shape index (κ1) is 12.5. The first-order valence-corrected chi connectivity index (χ1v) is 5.97. The van der Waals surface area contributed by atoms with Crippen molar-refractivity contribution in [2.45, 2.75) is 31.3 Å². The minimum absolute atomic E-state index is 0.306. The lowest BCUT2D eigenvalue weighted by molar-refractivity contribution is -0.0858. The topological polar surface area (TPSA) is 83.4 Å². The first-order chi connectivity index (χ1) is 8.30. The number of ether oxygens (including phenoxy) is 2. The molecule has 96 valence electrons. The Kier molecular flexibility index (Phi) is 4.09. The molecular formula is C11H19N3O3. The minimum atomic E-state index is -0.306. The normalized spacial score (nSPS) is 18.0. The van der Waals surface area contributed by atoms with E-state index in [1.807, 2.05) is 0 Å². The number of hydrogen-bond donors (Lipinski definition) is 1. The number of methoxy groups -OCH3 is 1. The molecule has 1 aromatic rings. The monoisotopic (exact) mass is 241 g/mol. The van der Waals surface area contributed by atoms with E-state index >= 15 is 0 Å². The molecule has 0 spiro atoms. The summed E-state index contributed by atoms with van der Waals surface area (Å²) in [4.78, 5) is 4.36. The third kappa shape index (κ3) is 2.65. The molecule has 0 saturated heterocycles. The highest BCUT2D eigenvalue weighted by atomic mass is 16.5. The van der Waals surface area contributed by atoms with Crippen molar-refractivity contribution in [3.63, 3.8) is 0 Å². The van der Waals surface area contributed by atoms with Crippen molar-refractivity contribution in [3.05, 3.63) is 11.7 Å². The van der Waals surface area contributed by atoms with Crippen molar-refractivity contribution in [1.29, 1.82) is 0 Å². The van der Waals surface area contributed by atoms with Crippen LogP contribution in [0.5, 0.6) is 0 Å². The van der Waals surface area contributed by atoms with Gasteiger partial charge in [-0.1, -0.05) is 5.16 Å². The van der Waals surface area contributed by atoms with E-state index in [9.17, 15) is 0 Å². The lowest BCUT2D eigenvalue weighted by Gasteiger charge is -2.37. The molecule has 2 N–H and O–H groups in total. The molecule has 0 bridgehead atoms. The second-order valence-electron chi connectivity index (χ2n) is 4.21. The summed E-state index contributed by atoms with van der Waals surface area (Å²) in [6.07, 6.45) is 3.70. The van der Waals surface area contributed by atoms with Crippen molar-refractivity contribution >= 4 is 0 Å². The van der Waals surface area contributed by atoms with E-state index in [1.165, 1.54) is 0 Å². The Hall–Kier alpha value is -0.980. The van der Waals surface area contributed by atoms with Gasteiger partial charge in [-0.2, -0.15) is 4.98 Å². The Morgan fingerprint density at radius 1 is 1.41 bits per heavy atom. The van der Waals surface area contributed by atoms with Crippen molar-refractivity contribution < 1.29 is 14.0 Å². The molecule has 0 atom stereocenters. The number of aromatic nitrogens is 2. The number of nitrogens with zero attached hydrogens (tertiary/aromatic N) is 2. The molecule has 1 fully saturated rings. The molecule has 6 heteroatoms. The van der Waals surface area contributed by atoms with Gasteiger partial charge in [0.05, 0.1) is 19.6 Å². The summed E-state index contributed by atoms with van der Waals surface area (Å²) in [6.45, 7) is 1.64. The van der Waals surface area contributed by atoms with Gasteiger partial charge in [0.2, 0.25) is 11.7 Å². The lowest BCUT2D eigenvalue weighted by atomic mass is 9.79. The maximum atomic E-state index is 5.48. The average molecular weight is 241 g/mol. The molecule has 1 saturated carbocycles. The maximum absolute atomic E-state index is 5.48. The molecule has 0 aromatic carbocycles. The van der Waals surface area contributed by atoms with Crippen LogP contribution >= 0.6 is 0 Å². The fraction of sp³-hybridized carbons (Fsp3) is 0.818. The summed E-state index contributed by atoms with van der Waals surface area (Å²) in [7, 11) is 1.69. The maximum Gasteiger partial charge on any atom is 0.229 e. The van der Waals surface area contributed by atoms with Gasteiger partial charge in [-0.3, -0.25) is 0 Å². The van der Waals surface area contributed by atoms with Gasteiger partial charge in [0.15, 0.2) is 0 Å². The number of hydrogen-bond acceptors (Lipinski definition) is 6. The quantitative estimate of drug-likeness (QED) is 0.704. The Morgan fingerprint density at radius 2 is 2.24 bits per heavy atom. The van der Waals surface area contributed by atoms with E-state index in [2.05, 4.69) is 10.1 Å². The largest absolute Gasteiger partial charge is 0.380 e. The second-order valence-corrected chi connectivity index (χ2v) is 4.21. The third-order valence-corrected chi connectivity index (χ3v) is 3.15. The molecule has 1 aliphatic rings. The van der Waals surface area contributed by atoms with Crippen LogP contribution in [0, 0.1) is 0 Å². The smallest absolute Gasteiger partial charge is 0.229 e. The van der Waals surface area contributed by atoms with Gasteiger partial charge in [0.1, 0.15) is 5.60 Å². The van der Waals surface area contributed by atoms with Crippen molar-refractivity contribution in [2.75, 3.05) is 26.9 Å². The van der Waals surface area contributed by atoms with Crippen LogP contribution in [0.25, 0.3) is 0 Å². The molecule has 1 aromatic heterocycles. The molecule has 0 unspecified atom stereocenters. The van der Waals surface area contributed by atoms with Crippen LogP contribution in [0.2, 0.25) is 0 Å². The Labute approximate surface area is 100 Å². The van der Waals surface area contributed by atoms with Crippen molar-refractivity contribution in [1.82, 2.24) is 10.1 Å². The summed E-state index contributed by atoms with van der Waals surface area (Å²) in [5.41, 5.74) is 5.01. The van der Waals surface area contributed by atoms with E-state index in [-0.39, 0.29) is 5.60 Å². The lowest BCUT2D eigenvalue weighted by Crippen LogP contribution is -2.37. The van der Waals surface area contributed by atoms with Crippen LogP contribution in [0.1, 0.15) is 31.0 Å². The zero-order valence-electron chi connectivity index (χ0n) is 10.1. The summed E-state index contributed by atoms with van der Waals surface area (Å²) < 4.78 is 15.9. The van der Waals surface area contributed by atoms with Crippen LogP contribution in [0.3, 0.4) is 0 Å². The highest BCUT2D eigenvalue weighted by molar-refractivity contribution is 5.06. The van der Waals surface area contributed by atoms with E-state index in [0.717, 1.165) is 19.3 Å². The number of nitrogens with two attached hydrogens (primary N) is 1. The van der Waals surface area contributed by atoms with Crippen LogP contribution in [-0.2, 0) is 21.5 Å². The fourth-order valence-corrected chi connectivity index (χ4v) is 1.90. The predicted octanol–water partition coefficient (Wildman–Crippen LogP) is 0.613. The van der Waals surface area contributed by atoms with Gasteiger partial charge in [-0.25, -0.2) is 0 Å². The molecule has 1 heterocycles. The number of rotatable bonds is 7. The van der Waals surface area contributed by atoms with Gasteiger partial charge in [0, 0.05) is 13.7 Å². The van der Waals surface area contributed by atoms with Crippen molar-refractivity contribution in [3.8, 4) is 0 Å². The zero-order valence-corrected chi connectivity index (χ0v) is 10.1. The fourth-order valence-electron chi connectivity index (χ4n) is 1.90. The molecule has 1 aliphatic carbocycles. The van der Waals surface area contributed by atoms with Gasteiger partial charge in [-0.15, -0.1) is 0 Å². The Morgan fingerprint density at radius 3 is 2.82 bits per heavy atom. The minimum Gasteiger partial charge on any atom is -0.380 e. The Bertz CT molecular complexity index is 344. The molecular weight excluding hydrogens is 222 g/mol. The van der Waals surface area contributed by atoms with Crippen LogP contribution in [0.4, 0.5) is 0 Å². The third-order valence-electron chi connectivity index (χ3n) is 3.15. The molecule has 17 heavy (non-hydrogen) atoms. The van der Waals surface area contributed by atoms with Gasteiger partial charge < -0.3 is 19.7 Å². The van der Waals surface area contributed by atoms with Gasteiger partial charge in [-0.05, 0) is 19.3 Å². The second kappa shape index (κ2) is 5.57. The van der Waals surface area contributed by atoms with Gasteiger partial charge >= 0.3 is 0 Å². The average Bonchev–Trinajstić information content (AvgIpc) is 2.73. The molecule has 6 nitrogen and oxygen atoms in total. The van der Waals surface area contributed by atoms with E-state index in [1.54, 1.807) is 7.11 Å². The summed E-state index contributed by atoms with van der Waals surface area (Å²) in [5, 5.41) is 3.99. The van der Waals surface area contributed by atoms with E-state index < -0.39 is 0 Å². The van der Waals surface area contributed by atoms with Gasteiger partial charge in [0.25, 0.3) is 0 Å². The predicted molar refractivity (Wildman–Crippen MR) is 60.4 cm³/mol.